The first-order valence-electron chi connectivity index (χ1n) is 9.64. The van der Waals surface area contributed by atoms with E-state index in [1.165, 1.54) is 6.07 Å². The van der Waals surface area contributed by atoms with Crippen LogP contribution in [0.25, 0.3) is 0 Å². The van der Waals surface area contributed by atoms with Gasteiger partial charge in [-0.1, -0.05) is 18.2 Å². The lowest BCUT2D eigenvalue weighted by atomic mass is 10.1. The van der Waals surface area contributed by atoms with E-state index in [0.29, 0.717) is 36.6 Å². The Balaban J connectivity index is 1.42. The minimum absolute atomic E-state index is 0.145. The second-order valence-electron chi connectivity index (χ2n) is 7.06. The van der Waals surface area contributed by atoms with Crippen molar-refractivity contribution < 1.29 is 22.6 Å². The lowest BCUT2D eigenvalue weighted by molar-refractivity contribution is -0.137. The third kappa shape index (κ3) is 4.89. The van der Waals surface area contributed by atoms with E-state index in [4.69, 9.17) is 9.47 Å². The Morgan fingerprint density at radius 3 is 2.52 bits per heavy atom. The van der Waals surface area contributed by atoms with E-state index in [1.54, 1.807) is 12.1 Å². The van der Waals surface area contributed by atoms with Crippen LogP contribution in [0.1, 0.15) is 17.5 Å². The number of benzene rings is 2. The minimum atomic E-state index is -4.43. The summed E-state index contributed by atoms with van der Waals surface area (Å²) in [4.78, 5) is 5.78. The van der Waals surface area contributed by atoms with E-state index in [0.717, 1.165) is 18.0 Å². The number of nitrogens with zero attached hydrogens (tertiary/aromatic N) is 3. The van der Waals surface area contributed by atoms with Crippen LogP contribution in [-0.4, -0.2) is 24.2 Å². The fraction of sp³-hybridized carbons (Fsp3) is 0.217. The largest absolute Gasteiger partial charge is 0.472 e. The monoisotopic (exact) mass is 425 g/mol. The zero-order valence-corrected chi connectivity index (χ0v) is 16.3. The van der Waals surface area contributed by atoms with Gasteiger partial charge in [0, 0.05) is 31.3 Å². The van der Waals surface area contributed by atoms with Crippen LogP contribution in [-0.2, 0) is 6.18 Å². The molecule has 1 aliphatic rings. The van der Waals surface area contributed by atoms with Crippen LogP contribution < -0.4 is 14.4 Å². The van der Waals surface area contributed by atoms with Crippen LogP contribution in [0.2, 0.25) is 0 Å². The van der Waals surface area contributed by atoms with Crippen molar-refractivity contribution in [1.82, 2.24) is 4.98 Å². The second-order valence-corrected chi connectivity index (χ2v) is 7.06. The molecule has 1 unspecified atom stereocenters. The number of nitriles is 1. The van der Waals surface area contributed by atoms with Gasteiger partial charge in [0.1, 0.15) is 23.7 Å². The van der Waals surface area contributed by atoms with Gasteiger partial charge in [-0.25, -0.2) is 4.98 Å². The predicted molar refractivity (Wildman–Crippen MR) is 108 cm³/mol. The van der Waals surface area contributed by atoms with E-state index in [1.807, 2.05) is 41.3 Å². The lowest BCUT2D eigenvalue weighted by Gasteiger charge is -2.20. The van der Waals surface area contributed by atoms with E-state index < -0.39 is 11.7 Å². The molecule has 0 aliphatic carbocycles. The molecule has 3 aromatic rings. The number of ether oxygens (including phenoxy) is 2. The van der Waals surface area contributed by atoms with Gasteiger partial charge in [0.05, 0.1) is 23.4 Å². The third-order valence-electron chi connectivity index (χ3n) is 4.90. The first kappa shape index (κ1) is 20.5. The predicted octanol–water partition coefficient (Wildman–Crippen LogP) is 5.42. The first-order chi connectivity index (χ1) is 14.9. The van der Waals surface area contributed by atoms with Crippen LogP contribution in [0.5, 0.6) is 17.4 Å². The van der Waals surface area contributed by atoms with Crippen molar-refractivity contribution in [2.45, 2.75) is 18.7 Å². The van der Waals surface area contributed by atoms with E-state index in [-0.39, 0.29) is 12.0 Å². The molecular formula is C23H18F3N3O2. The molecule has 1 fully saturated rings. The van der Waals surface area contributed by atoms with Gasteiger partial charge < -0.3 is 14.4 Å². The number of alkyl halides is 3. The Labute approximate surface area is 177 Å². The average molecular weight is 425 g/mol. The highest BCUT2D eigenvalue weighted by Gasteiger charge is 2.31. The summed E-state index contributed by atoms with van der Waals surface area (Å²) >= 11 is 0. The molecule has 2 heterocycles. The van der Waals surface area contributed by atoms with Crippen molar-refractivity contribution in [3.8, 4) is 23.4 Å². The minimum Gasteiger partial charge on any atom is -0.472 e. The quantitative estimate of drug-likeness (QED) is 0.546. The summed E-state index contributed by atoms with van der Waals surface area (Å²) in [6.07, 6.45) is -3.24. The average Bonchev–Trinajstić information content (AvgIpc) is 3.22. The second kappa shape index (κ2) is 8.56. The summed E-state index contributed by atoms with van der Waals surface area (Å²) in [5.74, 6) is 1.39. The Hall–Kier alpha value is -3.73. The number of rotatable bonds is 5. The van der Waals surface area contributed by atoms with Gasteiger partial charge in [-0.05, 0) is 30.3 Å². The smallest absolute Gasteiger partial charge is 0.417 e. The van der Waals surface area contributed by atoms with Gasteiger partial charge in [0.15, 0.2) is 0 Å². The molecule has 31 heavy (non-hydrogen) atoms. The summed E-state index contributed by atoms with van der Waals surface area (Å²) in [5, 5.41) is 9.60. The molecule has 1 aromatic heterocycles. The van der Waals surface area contributed by atoms with E-state index in [9.17, 15) is 18.4 Å². The maximum absolute atomic E-state index is 12.7. The summed E-state index contributed by atoms with van der Waals surface area (Å²) in [6, 6.07) is 19.0. The van der Waals surface area contributed by atoms with Gasteiger partial charge in [-0.15, -0.1) is 0 Å². The van der Waals surface area contributed by atoms with Crippen molar-refractivity contribution in [1.29, 1.82) is 5.26 Å². The van der Waals surface area contributed by atoms with Crippen LogP contribution in [0, 0.1) is 11.3 Å². The highest BCUT2D eigenvalue weighted by atomic mass is 19.4. The summed E-state index contributed by atoms with van der Waals surface area (Å²) in [5.41, 5.74) is 0.417. The molecule has 1 aliphatic heterocycles. The summed E-state index contributed by atoms with van der Waals surface area (Å²) in [6.45, 7) is 1.15. The molecule has 0 radical (unpaired) electrons. The molecule has 0 bridgehead atoms. The number of hydrogen-bond acceptors (Lipinski definition) is 5. The molecule has 0 N–H and O–H groups in total. The van der Waals surface area contributed by atoms with Crippen molar-refractivity contribution in [3.63, 3.8) is 0 Å². The first-order valence-corrected chi connectivity index (χ1v) is 9.64. The fourth-order valence-electron chi connectivity index (χ4n) is 3.40. The Kier molecular flexibility index (Phi) is 5.67. The van der Waals surface area contributed by atoms with Gasteiger partial charge in [-0.3, -0.25) is 0 Å². The SMILES string of the molecule is N#Cc1cc(Oc2ccccc2)ccc1N1CCC(Oc2ccc(C(F)(F)F)cn2)C1. The Bertz CT molecular complexity index is 1080. The van der Waals surface area contributed by atoms with Crippen molar-refractivity contribution in [2.75, 3.05) is 18.0 Å². The van der Waals surface area contributed by atoms with Crippen molar-refractivity contribution in [3.05, 3.63) is 78.0 Å². The van der Waals surface area contributed by atoms with Crippen LogP contribution in [0.15, 0.2) is 66.9 Å². The van der Waals surface area contributed by atoms with Crippen molar-refractivity contribution >= 4 is 5.69 Å². The molecular weight excluding hydrogens is 407 g/mol. The van der Waals surface area contributed by atoms with E-state index >= 15 is 0 Å². The molecule has 1 saturated heterocycles. The number of aromatic nitrogens is 1. The molecule has 0 spiro atoms. The molecule has 8 heteroatoms. The van der Waals surface area contributed by atoms with Gasteiger partial charge in [-0.2, -0.15) is 18.4 Å². The Morgan fingerprint density at radius 1 is 1.03 bits per heavy atom. The van der Waals surface area contributed by atoms with Crippen molar-refractivity contribution in [2.24, 2.45) is 0 Å². The molecule has 1 atom stereocenters. The molecule has 5 nitrogen and oxygen atoms in total. The maximum atomic E-state index is 12.7. The highest BCUT2D eigenvalue weighted by molar-refractivity contribution is 5.62. The van der Waals surface area contributed by atoms with Crippen LogP contribution >= 0.6 is 0 Å². The normalized spacial score (nSPS) is 16.1. The standard InChI is InChI=1S/C23H18F3N3O2/c24-23(25,26)17-6-9-22(28-14-17)31-20-10-11-29(15-20)21-8-7-19(12-16(21)13-27)30-18-4-2-1-3-5-18/h1-9,12,14,20H,10-11,15H2. The number of halogens is 3. The highest BCUT2D eigenvalue weighted by Crippen LogP contribution is 2.32. The molecule has 4 rings (SSSR count). The number of hydrogen-bond donors (Lipinski definition) is 0. The van der Waals surface area contributed by atoms with Crippen LogP contribution in [0.4, 0.5) is 18.9 Å². The summed E-state index contributed by atoms with van der Waals surface area (Å²) in [7, 11) is 0. The van der Waals surface area contributed by atoms with Gasteiger partial charge in [0.25, 0.3) is 0 Å². The maximum Gasteiger partial charge on any atom is 0.417 e. The topological polar surface area (TPSA) is 58.4 Å². The zero-order valence-electron chi connectivity index (χ0n) is 16.3. The Morgan fingerprint density at radius 2 is 1.84 bits per heavy atom. The molecule has 2 aromatic carbocycles. The summed E-state index contributed by atoms with van der Waals surface area (Å²) < 4.78 is 49.5. The van der Waals surface area contributed by atoms with Gasteiger partial charge >= 0.3 is 6.18 Å². The molecule has 0 amide bonds. The lowest BCUT2D eigenvalue weighted by Crippen LogP contribution is -2.25. The molecule has 0 saturated carbocycles. The third-order valence-corrected chi connectivity index (χ3v) is 4.90. The number of anilines is 1. The van der Waals surface area contributed by atoms with E-state index in [2.05, 4.69) is 11.1 Å². The van der Waals surface area contributed by atoms with Gasteiger partial charge in [0.2, 0.25) is 5.88 Å². The zero-order chi connectivity index (χ0) is 21.8. The van der Waals surface area contributed by atoms with Crippen LogP contribution in [0.3, 0.4) is 0 Å². The fourth-order valence-corrected chi connectivity index (χ4v) is 3.40. The molecule has 158 valence electrons. The number of para-hydroxylation sites is 1. The number of pyridine rings is 1.